The Morgan fingerprint density at radius 3 is 2.73 bits per heavy atom. The Labute approximate surface area is 138 Å². The first-order chi connectivity index (χ1) is 10.5. The molecule has 0 fully saturated rings. The monoisotopic (exact) mass is 333 g/mol. The molecule has 4 nitrogen and oxygen atoms in total. The lowest BCUT2D eigenvalue weighted by Crippen LogP contribution is -2.33. The van der Waals surface area contributed by atoms with Gasteiger partial charge in [-0.25, -0.2) is 4.98 Å². The van der Waals surface area contributed by atoms with Gasteiger partial charge in [0.25, 0.3) is 0 Å². The quantitative estimate of drug-likeness (QED) is 0.873. The number of hydrogen-bond acceptors (Lipinski definition) is 4. The van der Waals surface area contributed by atoms with Gasteiger partial charge < -0.3 is 10.0 Å². The number of thiazole rings is 1. The van der Waals surface area contributed by atoms with Gasteiger partial charge in [0.1, 0.15) is 16.6 Å². The smallest absolute Gasteiger partial charge is 0.135 e. The largest absolute Gasteiger partial charge is 0.510 e. The summed E-state index contributed by atoms with van der Waals surface area (Å²) in [6.45, 7) is 4.37. The van der Waals surface area contributed by atoms with Gasteiger partial charge in [0.2, 0.25) is 0 Å². The van der Waals surface area contributed by atoms with E-state index in [9.17, 15) is 5.11 Å². The van der Waals surface area contributed by atoms with Crippen molar-refractivity contribution in [2.45, 2.75) is 19.9 Å². The number of aliphatic hydroxyl groups excluding tert-OH is 1. The van der Waals surface area contributed by atoms with E-state index < -0.39 is 0 Å². The maximum absolute atomic E-state index is 10.2. The number of halogens is 1. The molecule has 0 saturated heterocycles. The molecule has 2 heterocycles. The molecule has 0 radical (unpaired) electrons. The third-order valence-electron chi connectivity index (χ3n) is 3.62. The number of benzene rings is 1. The van der Waals surface area contributed by atoms with Gasteiger partial charge in [-0.1, -0.05) is 29.8 Å². The van der Waals surface area contributed by atoms with Crippen molar-refractivity contribution in [2.75, 3.05) is 6.54 Å². The summed E-state index contributed by atoms with van der Waals surface area (Å²) in [7, 11) is 0. The van der Waals surface area contributed by atoms with E-state index in [1.54, 1.807) is 0 Å². The van der Waals surface area contributed by atoms with Crippen LogP contribution in [0.15, 0.2) is 35.4 Å². The summed E-state index contributed by atoms with van der Waals surface area (Å²) in [5, 5.41) is 21.7. The molecule has 0 unspecified atom stereocenters. The Morgan fingerprint density at radius 1 is 1.36 bits per heavy atom. The zero-order valence-corrected chi connectivity index (χ0v) is 13.9. The molecule has 3 rings (SSSR count). The highest BCUT2D eigenvalue weighted by molar-refractivity contribution is 7.11. The van der Waals surface area contributed by atoms with Crippen LogP contribution in [0.3, 0.4) is 0 Å². The molecule has 6 heteroatoms. The molecule has 0 spiro atoms. The fraction of sp³-hybridized carbons (Fsp3) is 0.250. The van der Waals surface area contributed by atoms with Crippen LogP contribution in [-0.2, 0) is 0 Å². The molecule has 0 bridgehead atoms. The van der Waals surface area contributed by atoms with Crippen molar-refractivity contribution in [1.82, 2.24) is 9.88 Å². The summed E-state index contributed by atoms with van der Waals surface area (Å²) in [6, 6.07) is 7.69. The summed E-state index contributed by atoms with van der Waals surface area (Å²) in [5.74, 6) is 0.534. The van der Waals surface area contributed by atoms with Crippen molar-refractivity contribution in [3.05, 3.63) is 45.4 Å². The van der Waals surface area contributed by atoms with Gasteiger partial charge in [0.05, 0.1) is 17.8 Å². The normalized spacial score (nSPS) is 15.3. The Hall–Kier alpha value is -1.85. The van der Waals surface area contributed by atoms with E-state index >= 15 is 0 Å². The van der Waals surface area contributed by atoms with Crippen molar-refractivity contribution in [2.24, 2.45) is 0 Å². The second-order valence-electron chi connectivity index (χ2n) is 5.41. The van der Waals surface area contributed by atoms with Crippen molar-refractivity contribution in [3.63, 3.8) is 0 Å². The van der Waals surface area contributed by atoms with E-state index in [0.29, 0.717) is 28.0 Å². The van der Waals surface area contributed by atoms with Crippen LogP contribution in [0.1, 0.15) is 18.9 Å². The minimum atomic E-state index is 0.162. The second-order valence-corrected chi connectivity index (χ2v) is 6.67. The summed E-state index contributed by atoms with van der Waals surface area (Å²) in [6.07, 6.45) is 0. The molecule has 1 aliphatic heterocycles. The van der Waals surface area contributed by atoms with Gasteiger partial charge in [-0.3, -0.25) is 5.41 Å². The SMILES string of the molecule is CC(C)N1CC(O)=C(c2nc(-c3ccccc3Cl)cs2)C1=N. The van der Waals surface area contributed by atoms with Crippen LogP contribution in [0.5, 0.6) is 0 Å². The summed E-state index contributed by atoms with van der Waals surface area (Å²) in [4.78, 5) is 6.42. The number of aliphatic hydroxyl groups is 1. The number of rotatable bonds is 3. The highest BCUT2D eigenvalue weighted by atomic mass is 35.5. The molecule has 1 aromatic heterocycles. The lowest BCUT2D eigenvalue weighted by molar-refractivity contribution is 0.318. The van der Waals surface area contributed by atoms with Crippen molar-refractivity contribution < 1.29 is 5.11 Å². The van der Waals surface area contributed by atoms with E-state index in [4.69, 9.17) is 17.0 Å². The zero-order chi connectivity index (χ0) is 15.9. The summed E-state index contributed by atoms with van der Waals surface area (Å²) in [5.41, 5.74) is 2.15. The highest BCUT2D eigenvalue weighted by Crippen LogP contribution is 2.34. The molecule has 0 saturated carbocycles. The average Bonchev–Trinajstić information content (AvgIpc) is 3.04. The molecule has 22 heavy (non-hydrogen) atoms. The highest BCUT2D eigenvalue weighted by Gasteiger charge is 2.31. The van der Waals surface area contributed by atoms with E-state index in [2.05, 4.69) is 4.98 Å². The van der Waals surface area contributed by atoms with Crippen LogP contribution in [0.4, 0.5) is 0 Å². The van der Waals surface area contributed by atoms with Gasteiger partial charge in [0.15, 0.2) is 0 Å². The van der Waals surface area contributed by atoms with Crippen LogP contribution in [0.2, 0.25) is 5.02 Å². The minimum absolute atomic E-state index is 0.162. The van der Waals surface area contributed by atoms with Crippen LogP contribution in [0.25, 0.3) is 16.8 Å². The van der Waals surface area contributed by atoms with E-state index in [1.165, 1.54) is 11.3 Å². The Kier molecular flexibility index (Phi) is 3.93. The lowest BCUT2D eigenvalue weighted by atomic mass is 10.2. The fourth-order valence-electron chi connectivity index (χ4n) is 2.45. The van der Waals surface area contributed by atoms with E-state index in [0.717, 1.165) is 11.3 Å². The van der Waals surface area contributed by atoms with Crippen LogP contribution in [0, 0.1) is 5.41 Å². The van der Waals surface area contributed by atoms with Crippen molar-refractivity contribution >= 4 is 34.3 Å². The maximum atomic E-state index is 10.2. The number of amidine groups is 1. The van der Waals surface area contributed by atoms with Gasteiger partial charge >= 0.3 is 0 Å². The Balaban J connectivity index is 1.97. The number of aromatic nitrogens is 1. The predicted molar refractivity (Wildman–Crippen MR) is 91.7 cm³/mol. The molecule has 1 aliphatic rings. The second kappa shape index (κ2) is 5.74. The number of nitrogens with zero attached hydrogens (tertiary/aromatic N) is 2. The predicted octanol–water partition coefficient (Wildman–Crippen LogP) is 4.43. The first-order valence-electron chi connectivity index (χ1n) is 6.97. The summed E-state index contributed by atoms with van der Waals surface area (Å²) >= 11 is 7.62. The Bertz CT molecular complexity index is 766. The molecule has 114 valence electrons. The molecule has 0 aliphatic carbocycles. The van der Waals surface area contributed by atoms with Crippen LogP contribution >= 0.6 is 22.9 Å². The molecule has 0 atom stereocenters. The van der Waals surface area contributed by atoms with Crippen molar-refractivity contribution in [1.29, 1.82) is 5.41 Å². The van der Waals surface area contributed by atoms with E-state index in [1.807, 2.05) is 48.4 Å². The first kappa shape index (κ1) is 15.1. The molecule has 2 N–H and O–H groups in total. The maximum Gasteiger partial charge on any atom is 0.135 e. The van der Waals surface area contributed by atoms with Crippen LogP contribution in [-0.4, -0.2) is 33.4 Å². The molecule has 2 aromatic rings. The fourth-order valence-corrected chi connectivity index (χ4v) is 3.57. The van der Waals surface area contributed by atoms with Gasteiger partial charge in [-0.2, -0.15) is 0 Å². The van der Waals surface area contributed by atoms with E-state index in [-0.39, 0.29) is 11.8 Å². The molecular weight excluding hydrogens is 318 g/mol. The molecular formula is C16H16ClN3OS. The van der Waals surface area contributed by atoms with Crippen molar-refractivity contribution in [3.8, 4) is 11.3 Å². The molecule has 0 amide bonds. The lowest BCUT2D eigenvalue weighted by Gasteiger charge is -2.22. The van der Waals surface area contributed by atoms with Gasteiger partial charge in [0, 0.05) is 22.0 Å². The van der Waals surface area contributed by atoms with Gasteiger partial charge in [-0.05, 0) is 19.9 Å². The Morgan fingerprint density at radius 2 is 2.09 bits per heavy atom. The number of nitrogens with one attached hydrogen (secondary N) is 1. The minimum Gasteiger partial charge on any atom is -0.510 e. The van der Waals surface area contributed by atoms with Gasteiger partial charge in [-0.15, -0.1) is 11.3 Å². The third-order valence-corrected chi connectivity index (χ3v) is 4.81. The number of hydrogen-bond donors (Lipinski definition) is 2. The summed E-state index contributed by atoms with van der Waals surface area (Å²) < 4.78 is 0. The van der Waals surface area contributed by atoms with Crippen LogP contribution < -0.4 is 0 Å². The standard InChI is InChI=1S/C16H16ClN3OS/c1-9(2)20-7-13(21)14(15(20)18)16-19-12(8-22-16)10-5-3-4-6-11(10)17/h3-6,8-9,18,21H,7H2,1-2H3. The zero-order valence-electron chi connectivity index (χ0n) is 12.3. The third kappa shape index (κ3) is 2.51. The average molecular weight is 334 g/mol. The molecule has 1 aromatic carbocycles. The first-order valence-corrected chi connectivity index (χ1v) is 8.23. The topological polar surface area (TPSA) is 60.2 Å².